The molecule has 0 aliphatic heterocycles. The molecule has 0 aliphatic carbocycles. The number of aromatic nitrogens is 2. The lowest BCUT2D eigenvalue weighted by Crippen LogP contribution is -2.24. The summed E-state index contributed by atoms with van der Waals surface area (Å²) < 4.78 is 1.08. The lowest BCUT2D eigenvalue weighted by Gasteiger charge is -2.04. The van der Waals surface area contributed by atoms with Crippen molar-refractivity contribution < 1.29 is 4.79 Å². The summed E-state index contributed by atoms with van der Waals surface area (Å²) >= 11 is 5.80. The Bertz CT molecular complexity index is 907. The summed E-state index contributed by atoms with van der Waals surface area (Å²) in [6.45, 7) is 1.84. The van der Waals surface area contributed by atoms with Gasteiger partial charge in [-0.3, -0.25) is 4.79 Å². The monoisotopic (exact) mass is 301 g/mol. The van der Waals surface area contributed by atoms with Crippen molar-refractivity contribution in [3.8, 4) is 0 Å². The molecule has 2 aromatic carbocycles. The van der Waals surface area contributed by atoms with E-state index in [2.05, 4.69) is 4.98 Å². The molecular weight excluding hydrogens is 290 g/mol. The van der Waals surface area contributed by atoms with Crippen LogP contribution in [-0.4, -0.2) is 15.5 Å². The Labute approximate surface area is 125 Å². The van der Waals surface area contributed by atoms with Crippen LogP contribution in [0.3, 0.4) is 0 Å². The molecule has 1 aromatic heterocycles. The van der Waals surface area contributed by atoms with Gasteiger partial charge in [-0.15, -0.1) is 0 Å². The first-order valence-corrected chi connectivity index (χ1v) is 6.66. The number of H-pyrrole nitrogens is 1. The van der Waals surface area contributed by atoms with E-state index in [1.807, 2.05) is 6.92 Å². The molecule has 106 valence electrons. The number of aryl methyl sites for hydroxylation is 1. The van der Waals surface area contributed by atoms with Gasteiger partial charge in [0.2, 0.25) is 0 Å². The predicted octanol–water partition coefficient (Wildman–Crippen LogP) is 2.56. The molecule has 1 heterocycles. The number of nitrogens with one attached hydrogen (secondary N) is 1. The van der Waals surface area contributed by atoms with E-state index in [9.17, 15) is 9.59 Å². The van der Waals surface area contributed by atoms with E-state index >= 15 is 0 Å². The molecule has 21 heavy (non-hydrogen) atoms. The molecule has 3 rings (SSSR count). The molecule has 0 radical (unpaired) electrons. The van der Waals surface area contributed by atoms with E-state index in [1.54, 1.807) is 36.4 Å². The number of aromatic amines is 1. The summed E-state index contributed by atoms with van der Waals surface area (Å²) in [6.07, 6.45) is 0. The molecule has 0 saturated heterocycles. The van der Waals surface area contributed by atoms with Gasteiger partial charge >= 0.3 is 5.69 Å². The smallest absolute Gasteiger partial charge is 0.333 e. The van der Waals surface area contributed by atoms with Gasteiger partial charge in [-0.2, -0.15) is 0 Å². The Kier molecular flexibility index (Phi) is 3.07. The first-order valence-electron chi connectivity index (χ1n) is 6.28. The number of nitrogens with two attached hydrogens (primary N) is 1. The van der Waals surface area contributed by atoms with Gasteiger partial charge in [0.05, 0.1) is 11.0 Å². The number of hydrogen-bond acceptors (Lipinski definition) is 3. The molecule has 6 heteroatoms. The van der Waals surface area contributed by atoms with Crippen LogP contribution in [0.15, 0.2) is 41.2 Å². The van der Waals surface area contributed by atoms with E-state index in [0.717, 1.165) is 10.1 Å². The predicted molar refractivity (Wildman–Crippen MR) is 82.9 cm³/mol. The maximum Gasteiger partial charge on any atom is 0.333 e. The highest BCUT2D eigenvalue weighted by Gasteiger charge is 2.16. The zero-order valence-corrected chi connectivity index (χ0v) is 11.9. The lowest BCUT2D eigenvalue weighted by molar-refractivity contribution is 0.0961. The minimum Gasteiger partial charge on any atom is -0.398 e. The molecule has 0 aliphatic rings. The van der Waals surface area contributed by atoms with Crippen LogP contribution >= 0.6 is 11.6 Å². The van der Waals surface area contributed by atoms with Crippen LogP contribution in [0.1, 0.15) is 15.9 Å². The third-order valence-corrected chi connectivity index (χ3v) is 3.62. The first-order chi connectivity index (χ1) is 9.97. The molecule has 0 unspecified atom stereocenters. The highest BCUT2D eigenvalue weighted by Crippen LogP contribution is 2.20. The second kappa shape index (κ2) is 4.79. The average Bonchev–Trinajstić information content (AvgIpc) is 2.75. The van der Waals surface area contributed by atoms with E-state index in [1.165, 1.54) is 0 Å². The highest BCUT2D eigenvalue weighted by molar-refractivity contribution is 6.30. The van der Waals surface area contributed by atoms with Crippen LogP contribution in [0.4, 0.5) is 5.69 Å². The molecule has 0 atom stereocenters. The molecule has 0 bridgehead atoms. The normalized spacial score (nSPS) is 11.0. The Morgan fingerprint density at radius 3 is 2.57 bits per heavy atom. The molecule has 3 N–H and O–H groups in total. The fraction of sp³-hybridized carbons (Fsp3) is 0.0667. The highest BCUT2D eigenvalue weighted by atomic mass is 35.5. The Morgan fingerprint density at radius 1 is 1.24 bits per heavy atom. The summed E-state index contributed by atoms with van der Waals surface area (Å²) in [5.74, 6) is -0.425. The topological polar surface area (TPSA) is 80.9 Å². The van der Waals surface area contributed by atoms with Gasteiger partial charge in [-0.25, -0.2) is 9.36 Å². The van der Waals surface area contributed by atoms with Crippen molar-refractivity contribution in [3.63, 3.8) is 0 Å². The van der Waals surface area contributed by atoms with Crippen molar-refractivity contribution in [1.82, 2.24) is 9.55 Å². The summed E-state index contributed by atoms with van der Waals surface area (Å²) in [5.41, 5.74) is 8.16. The third-order valence-electron chi connectivity index (χ3n) is 3.36. The number of carbonyl (C=O) groups excluding carboxylic acids is 1. The molecular formula is C15H12ClN3O2. The Balaban J connectivity index is 2.22. The molecule has 0 saturated carbocycles. The quantitative estimate of drug-likeness (QED) is 0.678. The number of imidazole rings is 1. The second-order valence-electron chi connectivity index (χ2n) is 4.80. The van der Waals surface area contributed by atoms with Gasteiger partial charge in [-0.05, 0) is 48.9 Å². The van der Waals surface area contributed by atoms with Gasteiger partial charge < -0.3 is 10.7 Å². The van der Waals surface area contributed by atoms with Gasteiger partial charge in [-0.1, -0.05) is 11.6 Å². The summed E-state index contributed by atoms with van der Waals surface area (Å²) in [4.78, 5) is 27.2. The van der Waals surface area contributed by atoms with Crippen LogP contribution in [0.2, 0.25) is 5.02 Å². The molecule has 0 fully saturated rings. The summed E-state index contributed by atoms with van der Waals surface area (Å²) in [7, 11) is 0. The van der Waals surface area contributed by atoms with E-state index in [4.69, 9.17) is 17.3 Å². The zero-order chi connectivity index (χ0) is 15.1. The number of carbonyl (C=O) groups is 1. The minimum atomic E-state index is -0.491. The largest absolute Gasteiger partial charge is 0.398 e. The zero-order valence-electron chi connectivity index (χ0n) is 11.2. The number of hydrogen-bond donors (Lipinski definition) is 2. The molecule has 0 amide bonds. The third kappa shape index (κ3) is 2.21. The van der Waals surface area contributed by atoms with Crippen molar-refractivity contribution in [1.29, 1.82) is 0 Å². The van der Waals surface area contributed by atoms with E-state index in [-0.39, 0.29) is 0 Å². The number of rotatable bonds is 1. The number of nitrogen functional groups attached to an aromatic ring is 1. The first kappa shape index (κ1) is 13.5. The van der Waals surface area contributed by atoms with Gasteiger partial charge in [0.1, 0.15) is 0 Å². The van der Waals surface area contributed by atoms with Crippen molar-refractivity contribution in [3.05, 3.63) is 63.0 Å². The van der Waals surface area contributed by atoms with Crippen molar-refractivity contribution in [2.75, 3.05) is 5.73 Å². The van der Waals surface area contributed by atoms with E-state index in [0.29, 0.717) is 27.3 Å². The van der Waals surface area contributed by atoms with Crippen LogP contribution in [0.5, 0.6) is 0 Å². The van der Waals surface area contributed by atoms with Gasteiger partial charge in [0.15, 0.2) is 0 Å². The summed E-state index contributed by atoms with van der Waals surface area (Å²) in [5, 5.41) is 0.526. The van der Waals surface area contributed by atoms with Gasteiger partial charge in [0.25, 0.3) is 5.91 Å². The SMILES string of the molecule is Cc1cc2[nH]c(=O)n(C(=O)c3ccc(Cl)cc3)c2cc1N. The fourth-order valence-corrected chi connectivity index (χ4v) is 2.33. The maximum atomic E-state index is 12.5. The molecule has 3 aromatic rings. The van der Waals surface area contributed by atoms with E-state index < -0.39 is 11.6 Å². The Morgan fingerprint density at radius 2 is 1.90 bits per heavy atom. The van der Waals surface area contributed by atoms with Crippen LogP contribution in [0.25, 0.3) is 11.0 Å². The number of benzene rings is 2. The van der Waals surface area contributed by atoms with Gasteiger partial charge in [0, 0.05) is 16.3 Å². The molecule has 0 spiro atoms. The van der Waals surface area contributed by atoms with Crippen molar-refractivity contribution in [2.24, 2.45) is 0 Å². The van der Waals surface area contributed by atoms with Crippen LogP contribution < -0.4 is 11.4 Å². The van der Waals surface area contributed by atoms with Crippen molar-refractivity contribution >= 4 is 34.2 Å². The fourth-order valence-electron chi connectivity index (χ4n) is 2.20. The lowest BCUT2D eigenvalue weighted by atomic mass is 10.1. The standard InChI is InChI=1S/C15H12ClN3O2/c1-8-6-12-13(7-11(8)17)19(15(21)18-12)14(20)9-2-4-10(16)5-3-9/h2-7H,17H2,1H3,(H,18,21). The molecule has 5 nitrogen and oxygen atoms in total. The van der Waals surface area contributed by atoms with Crippen LogP contribution in [0, 0.1) is 6.92 Å². The number of fused-ring (bicyclic) bond motifs is 1. The average molecular weight is 302 g/mol. The maximum absolute atomic E-state index is 12.5. The number of nitrogens with zero attached hydrogens (tertiary/aromatic N) is 1. The van der Waals surface area contributed by atoms with Crippen LogP contribution in [-0.2, 0) is 0 Å². The Hall–Kier alpha value is -2.53. The van der Waals surface area contributed by atoms with Crippen molar-refractivity contribution in [2.45, 2.75) is 6.92 Å². The second-order valence-corrected chi connectivity index (χ2v) is 5.24. The number of halogens is 1. The summed E-state index contributed by atoms with van der Waals surface area (Å²) in [6, 6.07) is 9.73. The minimum absolute atomic E-state index is 0.376. The number of anilines is 1.